The lowest BCUT2D eigenvalue weighted by atomic mass is 9.94. The molecule has 2 aromatic carbocycles. The first-order valence-electron chi connectivity index (χ1n) is 13.0. The van der Waals surface area contributed by atoms with Crippen molar-refractivity contribution in [1.82, 2.24) is 14.3 Å². The number of amides is 1. The first-order chi connectivity index (χ1) is 19.2. The lowest BCUT2D eigenvalue weighted by molar-refractivity contribution is 0.0984. The molecule has 11 heteroatoms. The third kappa shape index (κ3) is 5.54. The molecule has 3 heterocycles. The van der Waals surface area contributed by atoms with E-state index < -0.39 is 10.0 Å². The number of rotatable bonds is 8. The highest BCUT2D eigenvalue weighted by Gasteiger charge is 2.32. The van der Waals surface area contributed by atoms with Crippen molar-refractivity contribution < 1.29 is 22.7 Å². The van der Waals surface area contributed by atoms with Crippen LogP contribution in [0.4, 0.5) is 5.13 Å². The van der Waals surface area contributed by atoms with Gasteiger partial charge in [-0.15, -0.1) is 0 Å². The van der Waals surface area contributed by atoms with E-state index in [1.807, 2.05) is 18.2 Å². The predicted octanol–water partition coefficient (Wildman–Crippen LogP) is 5.22. The molecule has 0 spiro atoms. The lowest BCUT2D eigenvalue weighted by Gasteiger charge is -2.34. The first kappa shape index (κ1) is 28.0. The van der Waals surface area contributed by atoms with Crippen molar-refractivity contribution in [2.75, 3.05) is 32.2 Å². The molecule has 0 N–H and O–H groups in total. The van der Waals surface area contributed by atoms with Crippen LogP contribution in [0.15, 0.2) is 65.7 Å². The Bertz CT molecular complexity index is 1560. The number of piperidine rings is 1. The predicted molar refractivity (Wildman–Crippen MR) is 156 cm³/mol. The third-order valence-electron chi connectivity index (χ3n) is 7.00. The second-order valence-electron chi connectivity index (χ2n) is 10.1. The summed E-state index contributed by atoms with van der Waals surface area (Å²) in [5.74, 6) is 1.46. The van der Waals surface area contributed by atoms with Crippen molar-refractivity contribution in [3.8, 4) is 11.5 Å². The van der Waals surface area contributed by atoms with Gasteiger partial charge in [-0.2, -0.15) is 4.31 Å². The maximum Gasteiger partial charge on any atom is 0.260 e. The number of benzene rings is 2. The maximum atomic E-state index is 13.9. The number of hydrogen-bond acceptors (Lipinski definition) is 8. The van der Waals surface area contributed by atoms with E-state index >= 15 is 0 Å². The zero-order valence-electron chi connectivity index (χ0n) is 22.9. The Kier molecular flexibility index (Phi) is 8.07. The van der Waals surface area contributed by atoms with E-state index in [0.717, 1.165) is 11.1 Å². The van der Waals surface area contributed by atoms with Gasteiger partial charge in [-0.3, -0.25) is 14.7 Å². The van der Waals surface area contributed by atoms with Gasteiger partial charge >= 0.3 is 0 Å². The molecule has 2 atom stereocenters. The fourth-order valence-electron chi connectivity index (χ4n) is 5.15. The van der Waals surface area contributed by atoms with Crippen molar-refractivity contribution in [2.24, 2.45) is 11.8 Å². The van der Waals surface area contributed by atoms with Gasteiger partial charge in [0.2, 0.25) is 10.0 Å². The summed E-state index contributed by atoms with van der Waals surface area (Å²) in [4.78, 5) is 24.8. The number of methoxy groups -OCH3 is 2. The highest BCUT2D eigenvalue weighted by atomic mass is 32.2. The second-order valence-corrected chi connectivity index (χ2v) is 13.1. The topological polar surface area (TPSA) is 102 Å². The highest BCUT2D eigenvalue weighted by molar-refractivity contribution is 7.89. The number of thiazole rings is 1. The third-order valence-corrected chi connectivity index (χ3v) is 9.93. The van der Waals surface area contributed by atoms with E-state index in [1.165, 1.54) is 23.5 Å². The number of anilines is 1. The van der Waals surface area contributed by atoms with Gasteiger partial charge in [0, 0.05) is 24.8 Å². The normalized spacial score (nSPS) is 18.0. The minimum atomic E-state index is -3.66. The fourth-order valence-corrected chi connectivity index (χ4v) is 7.90. The SMILES string of the molecule is COc1ccc(OC)c2sc(N(Cc3ccccn3)C(=O)c3ccc(S(=O)(=O)N4CC(C)CC(C)C4)cc3)nc12. The zero-order chi connectivity index (χ0) is 28.4. The second kappa shape index (κ2) is 11.5. The van der Waals surface area contributed by atoms with Gasteiger partial charge in [0.15, 0.2) is 5.13 Å². The molecule has 0 saturated carbocycles. The summed E-state index contributed by atoms with van der Waals surface area (Å²) in [6, 6.07) is 15.2. The van der Waals surface area contributed by atoms with Crippen LogP contribution in [0.5, 0.6) is 11.5 Å². The molecule has 210 valence electrons. The average Bonchev–Trinajstić information content (AvgIpc) is 3.40. The number of ether oxygens (including phenoxy) is 2. The number of nitrogens with zero attached hydrogens (tertiary/aromatic N) is 4. The van der Waals surface area contributed by atoms with Crippen LogP contribution in [0.3, 0.4) is 0 Å². The van der Waals surface area contributed by atoms with E-state index in [4.69, 9.17) is 14.5 Å². The molecule has 5 rings (SSSR count). The molecule has 9 nitrogen and oxygen atoms in total. The van der Waals surface area contributed by atoms with Crippen LogP contribution < -0.4 is 14.4 Å². The van der Waals surface area contributed by atoms with E-state index in [-0.39, 0.29) is 17.3 Å². The average molecular weight is 581 g/mol. The zero-order valence-corrected chi connectivity index (χ0v) is 24.5. The highest BCUT2D eigenvalue weighted by Crippen LogP contribution is 2.40. The van der Waals surface area contributed by atoms with Crippen LogP contribution >= 0.6 is 11.3 Å². The minimum absolute atomic E-state index is 0.174. The van der Waals surface area contributed by atoms with Crippen LogP contribution in [-0.4, -0.2) is 55.9 Å². The molecule has 0 radical (unpaired) electrons. The van der Waals surface area contributed by atoms with Gasteiger partial charge in [-0.1, -0.05) is 31.3 Å². The number of carbonyl (C=O) groups is 1. The van der Waals surface area contributed by atoms with Crippen molar-refractivity contribution in [3.05, 3.63) is 72.1 Å². The van der Waals surface area contributed by atoms with Gasteiger partial charge in [0.25, 0.3) is 5.91 Å². The molecule has 1 aliphatic rings. The van der Waals surface area contributed by atoms with E-state index in [2.05, 4.69) is 18.8 Å². The van der Waals surface area contributed by atoms with Gasteiger partial charge in [-0.25, -0.2) is 13.4 Å². The Morgan fingerprint density at radius 2 is 1.68 bits per heavy atom. The Morgan fingerprint density at radius 1 is 1.00 bits per heavy atom. The molecule has 2 unspecified atom stereocenters. The van der Waals surface area contributed by atoms with Crippen LogP contribution in [0.1, 0.15) is 36.3 Å². The van der Waals surface area contributed by atoms with Crippen LogP contribution in [0.25, 0.3) is 10.2 Å². The summed E-state index contributed by atoms with van der Waals surface area (Å²) in [6.07, 6.45) is 2.68. The number of pyridine rings is 1. The van der Waals surface area contributed by atoms with Crippen molar-refractivity contribution in [1.29, 1.82) is 0 Å². The Hall–Kier alpha value is -3.54. The molecular formula is C29H32N4O5S2. The molecule has 0 bridgehead atoms. The molecule has 4 aromatic rings. The molecule has 1 fully saturated rings. The summed E-state index contributed by atoms with van der Waals surface area (Å²) >= 11 is 1.31. The quantitative estimate of drug-likeness (QED) is 0.282. The van der Waals surface area contributed by atoms with Gasteiger partial charge in [-0.05, 0) is 66.8 Å². The van der Waals surface area contributed by atoms with Gasteiger partial charge in [0.1, 0.15) is 21.7 Å². The maximum absolute atomic E-state index is 13.9. The molecule has 0 aliphatic carbocycles. The summed E-state index contributed by atoms with van der Waals surface area (Å²) in [5.41, 5.74) is 1.61. The Balaban J connectivity index is 1.50. The smallest absolute Gasteiger partial charge is 0.260 e. The molecule has 2 aromatic heterocycles. The van der Waals surface area contributed by atoms with Gasteiger partial charge in [0.05, 0.1) is 31.4 Å². The Morgan fingerprint density at radius 3 is 2.30 bits per heavy atom. The van der Waals surface area contributed by atoms with Crippen molar-refractivity contribution >= 4 is 42.6 Å². The minimum Gasteiger partial charge on any atom is -0.495 e. The summed E-state index contributed by atoms with van der Waals surface area (Å²) in [5, 5.41) is 0.446. The largest absolute Gasteiger partial charge is 0.495 e. The fraction of sp³-hybridized carbons (Fsp3) is 0.345. The standard InChI is InChI=1S/C29H32N4O5S2/c1-19-15-20(2)17-32(16-19)40(35,36)23-10-8-21(9-11-23)28(34)33(18-22-7-5-6-14-30-22)29-31-26-24(37-3)12-13-25(38-4)27(26)39-29/h5-14,19-20H,15-18H2,1-4H3. The molecule has 40 heavy (non-hydrogen) atoms. The monoisotopic (exact) mass is 580 g/mol. The number of fused-ring (bicyclic) bond motifs is 1. The number of carbonyl (C=O) groups excluding carboxylic acids is 1. The first-order valence-corrected chi connectivity index (χ1v) is 15.3. The molecule has 1 saturated heterocycles. The molecule has 1 amide bonds. The summed E-state index contributed by atoms with van der Waals surface area (Å²) in [6.45, 7) is 5.31. The van der Waals surface area contributed by atoms with E-state index in [0.29, 0.717) is 58.3 Å². The lowest BCUT2D eigenvalue weighted by Crippen LogP contribution is -2.42. The molecular weight excluding hydrogens is 548 g/mol. The Labute approximate surface area is 238 Å². The number of hydrogen-bond donors (Lipinski definition) is 0. The number of aromatic nitrogens is 2. The summed E-state index contributed by atoms with van der Waals surface area (Å²) < 4.78 is 40.1. The number of sulfonamides is 1. The van der Waals surface area contributed by atoms with Crippen LogP contribution in [0.2, 0.25) is 0 Å². The van der Waals surface area contributed by atoms with E-state index in [9.17, 15) is 13.2 Å². The summed E-state index contributed by atoms with van der Waals surface area (Å²) in [7, 11) is -0.515. The van der Waals surface area contributed by atoms with Crippen molar-refractivity contribution in [3.63, 3.8) is 0 Å². The van der Waals surface area contributed by atoms with Gasteiger partial charge < -0.3 is 9.47 Å². The van der Waals surface area contributed by atoms with Crippen LogP contribution in [0, 0.1) is 11.8 Å². The molecule has 1 aliphatic heterocycles. The van der Waals surface area contributed by atoms with Crippen molar-refractivity contribution in [2.45, 2.75) is 31.7 Å². The van der Waals surface area contributed by atoms with E-state index in [1.54, 1.807) is 53.9 Å². The van der Waals surface area contributed by atoms with Crippen LogP contribution in [-0.2, 0) is 16.6 Å².